The SMILES string of the molecule is Cc1cccc2nc(N3CCCCC3)c(N3CCNCC3)c(=O)n12. The molecule has 2 saturated heterocycles. The van der Waals surface area contributed by atoms with Gasteiger partial charge >= 0.3 is 0 Å². The third kappa shape index (κ3) is 2.65. The molecule has 2 aromatic heterocycles. The summed E-state index contributed by atoms with van der Waals surface area (Å²) in [4.78, 5) is 22.8. The zero-order valence-electron chi connectivity index (χ0n) is 14.3. The number of pyridine rings is 1. The summed E-state index contributed by atoms with van der Waals surface area (Å²) in [6, 6.07) is 5.88. The Morgan fingerprint density at radius 2 is 1.75 bits per heavy atom. The standard InChI is InChI=1S/C18H25N5O/c1-14-6-5-7-15-20-17(22-10-3-2-4-11-22)16(18(24)23(14)15)21-12-8-19-9-13-21/h5-7,19H,2-4,8-13H2,1H3. The van der Waals surface area contributed by atoms with Crippen LogP contribution in [0.1, 0.15) is 25.0 Å². The van der Waals surface area contributed by atoms with Gasteiger partial charge in [0.25, 0.3) is 5.56 Å². The van der Waals surface area contributed by atoms with E-state index in [0.717, 1.165) is 62.1 Å². The van der Waals surface area contributed by atoms with Crippen molar-refractivity contribution in [2.24, 2.45) is 0 Å². The van der Waals surface area contributed by atoms with Gasteiger partial charge in [0.1, 0.15) is 11.3 Å². The molecule has 2 aliphatic heterocycles. The second-order valence-corrected chi connectivity index (χ2v) is 6.73. The maximum atomic E-state index is 13.3. The summed E-state index contributed by atoms with van der Waals surface area (Å²) in [5, 5.41) is 3.37. The zero-order chi connectivity index (χ0) is 16.5. The van der Waals surface area contributed by atoms with Crippen LogP contribution in [0, 0.1) is 6.92 Å². The molecule has 0 atom stereocenters. The minimum Gasteiger partial charge on any atom is -0.361 e. The molecule has 128 valence electrons. The highest BCUT2D eigenvalue weighted by molar-refractivity contribution is 5.70. The maximum Gasteiger partial charge on any atom is 0.283 e. The van der Waals surface area contributed by atoms with E-state index < -0.39 is 0 Å². The number of aryl methyl sites for hydroxylation is 1. The van der Waals surface area contributed by atoms with Crippen LogP contribution in [-0.2, 0) is 0 Å². The van der Waals surface area contributed by atoms with Crippen LogP contribution in [0.3, 0.4) is 0 Å². The van der Waals surface area contributed by atoms with Gasteiger partial charge in [0.2, 0.25) is 0 Å². The van der Waals surface area contributed by atoms with Crippen LogP contribution in [0.4, 0.5) is 11.5 Å². The topological polar surface area (TPSA) is 52.9 Å². The molecule has 0 bridgehead atoms. The van der Waals surface area contributed by atoms with Gasteiger partial charge in [0.15, 0.2) is 5.82 Å². The summed E-state index contributed by atoms with van der Waals surface area (Å²) in [7, 11) is 0. The van der Waals surface area contributed by atoms with Crippen molar-refractivity contribution < 1.29 is 0 Å². The molecule has 0 radical (unpaired) electrons. The maximum absolute atomic E-state index is 13.3. The number of hydrogen-bond donors (Lipinski definition) is 1. The Hall–Kier alpha value is -2.08. The summed E-state index contributed by atoms with van der Waals surface area (Å²) in [6.07, 6.45) is 3.62. The summed E-state index contributed by atoms with van der Waals surface area (Å²) in [6.45, 7) is 7.50. The molecule has 2 aromatic rings. The van der Waals surface area contributed by atoms with Gasteiger partial charge in [-0.25, -0.2) is 4.98 Å². The number of rotatable bonds is 2. The number of aromatic nitrogens is 2. The van der Waals surface area contributed by atoms with Crippen LogP contribution < -0.4 is 20.7 Å². The van der Waals surface area contributed by atoms with E-state index in [-0.39, 0.29) is 5.56 Å². The molecule has 0 amide bonds. The van der Waals surface area contributed by atoms with Gasteiger partial charge in [0, 0.05) is 45.0 Å². The smallest absolute Gasteiger partial charge is 0.283 e. The molecule has 2 fully saturated rings. The Labute approximate surface area is 142 Å². The van der Waals surface area contributed by atoms with E-state index in [9.17, 15) is 4.79 Å². The van der Waals surface area contributed by atoms with Gasteiger partial charge in [-0.05, 0) is 38.3 Å². The zero-order valence-corrected chi connectivity index (χ0v) is 14.3. The molecule has 0 saturated carbocycles. The molecule has 4 rings (SSSR count). The van der Waals surface area contributed by atoms with Crippen LogP contribution in [0.2, 0.25) is 0 Å². The Morgan fingerprint density at radius 3 is 2.50 bits per heavy atom. The molecule has 0 aliphatic carbocycles. The first kappa shape index (κ1) is 15.4. The molecule has 0 spiro atoms. The Kier molecular flexibility index (Phi) is 4.14. The Balaban J connectivity index is 1.92. The van der Waals surface area contributed by atoms with E-state index in [1.165, 1.54) is 19.3 Å². The Morgan fingerprint density at radius 1 is 1.00 bits per heavy atom. The third-order valence-electron chi connectivity index (χ3n) is 5.09. The predicted octanol–water partition coefficient (Wildman–Crippen LogP) is 1.40. The normalized spacial score (nSPS) is 19.0. The van der Waals surface area contributed by atoms with Crippen molar-refractivity contribution in [3.63, 3.8) is 0 Å². The lowest BCUT2D eigenvalue weighted by Gasteiger charge is -2.35. The highest BCUT2D eigenvalue weighted by Gasteiger charge is 2.25. The van der Waals surface area contributed by atoms with E-state index in [0.29, 0.717) is 0 Å². The largest absolute Gasteiger partial charge is 0.361 e. The van der Waals surface area contributed by atoms with Crippen molar-refractivity contribution in [1.82, 2.24) is 14.7 Å². The van der Waals surface area contributed by atoms with Gasteiger partial charge in [-0.3, -0.25) is 9.20 Å². The third-order valence-corrected chi connectivity index (χ3v) is 5.09. The molecular weight excluding hydrogens is 302 g/mol. The second-order valence-electron chi connectivity index (χ2n) is 6.73. The molecule has 6 nitrogen and oxygen atoms in total. The molecule has 0 aromatic carbocycles. The van der Waals surface area contributed by atoms with Gasteiger partial charge in [-0.1, -0.05) is 6.07 Å². The van der Waals surface area contributed by atoms with Crippen LogP contribution in [0.25, 0.3) is 5.65 Å². The quantitative estimate of drug-likeness (QED) is 0.904. The summed E-state index contributed by atoms with van der Waals surface area (Å²) >= 11 is 0. The molecule has 1 N–H and O–H groups in total. The monoisotopic (exact) mass is 327 g/mol. The lowest BCUT2D eigenvalue weighted by atomic mass is 10.1. The van der Waals surface area contributed by atoms with E-state index in [4.69, 9.17) is 4.98 Å². The van der Waals surface area contributed by atoms with Gasteiger partial charge in [0.05, 0.1) is 0 Å². The van der Waals surface area contributed by atoms with Crippen molar-refractivity contribution in [2.75, 3.05) is 49.1 Å². The fraction of sp³-hybridized carbons (Fsp3) is 0.556. The van der Waals surface area contributed by atoms with Crippen molar-refractivity contribution >= 4 is 17.2 Å². The van der Waals surface area contributed by atoms with Gasteiger partial charge in [-0.15, -0.1) is 0 Å². The van der Waals surface area contributed by atoms with Crippen LogP contribution >= 0.6 is 0 Å². The number of hydrogen-bond acceptors (Lipinski definition) is 5. The molecule has 4 heterocycles. The number of nitrogens with zero attached hydrogens (tertiary/aromatic N) is 4. The Bertz CT molecular complexity index is 788. The molecular formula is C18H25N5O. The fourth-order valence-corrected chi connectivity index (χ4v) is 3.81. The lowest BCUT2D eigenvalue weighted by Crippen LogP contribution is -2.47. The van der Waals surface area contributed by atoms with Crippen molar-refractivity contribution in [2.45, 2.75) is 26.2 Å². The van der Waals surface area contributed by atoms with Gasteiger partial charge < -0.3 is 15.1 Å². The summed E-state index contributed by atoms with van der Waals surface area (Å²) in [5.41, 5.74) is 2.54. The van der Waals surface area contributed by atoms with E-state index in [2.05, 4.69) is 15.1 Å². The average Bonchev–Trinajstić information content (AvgIpc) is 2.63. The van der Waals surface area contributed by atoms with E-state index >= 15 is 0 Å². The molecule has 0 unspecified atom stereocenters. The van der Waals surface area contributed by atoms with Gasteiger partial charge in [-0.2, -0.15) is 0 Å². The molecule has 24 heavy (non-hydrogen) atoms. The van der Waals surface area contributed by atoms with Crippen molar-refractivity contribution in [3.05, 3.63) is 34.2 Å². The number of nitrogens with one attached hydrogen (secondary N) is 1. The van der Waals surface area contributed by atoms with Crippen molar-refractivity contribution in [3.8, 4) is 0 Å². The van der Waals surface area contributed by atoms with Crippen LogP contribution in [0.5, 0.6) is 0 Å². The predicted molar refractivity (Wildman–Crippen MR) is 97.3 cm³/mol. The lowest BCUT2D eigenvalue weighted by molar-refractivity contribution is 0.564. The van der Waals surface area contributed by atoms with E-state index in [1.807, 2.05) is 25.1 Å². The highest BCUT2D eigenvalue weighted by Crippen LogP contribution is 2.27. The summed E-state index contributed by atoms with van der Waals surface area (Å²) in [5.74, 6) is 0.882. The number of piperidine rings is 1. The number of piperazine rings is 1. The minimum atomic E-state index is 0.0700. The van der Waals surface area contributed by atoms with Crippen LogP contribution in [0.15, 0.2) is 23.0 Å². The minimum absolute atomic E-state index is 0.0700. The summed E-state index contributed by atoms with van der Waals surface area (Å²) < 4.78 is 1.75. The second kappa shape index (κ2) is 6.43. The van der Waals surface area contributed by atoms with Crippen LogP contribution in [-0.4, -0.2) is 48.7 Å². The average molecular weight is 327 g/mol. The fourth-order valence-electron chi connectivity index (χ4n) is 3.81. The molecule has 6 heteroatoms. The first-order valence-corrected chi connectivity index (χ1v) is 8.99. The number of anilines is 2. The number of fused-ring (bicyclic) bond motifs is 1. The first-order chi connectivity index (χ1) is 11.8. The van der Waals surface area contributed by atoms with E-state index in [1.54, 1.807) is 4.40 Å². The highest BCUT2D eigenvalue weighted by atomic mass is 16.1. The van der Waals surface area contributed by atoms with Crippen molar-refractivity contribution in [1.29, 1.82) is 0 Å². The first-order valence-electron chi connectivity index (χ1n) is 8.99. The molecule has 2 aliphatic rings.